The highest BCUT2D eigenvalue weighted by molar-refractivity contribution is 7.71. The summed E-state index contributed by atoms with van der Waals surface area (Å²) in [5.41, 5.74) is 0.789. The first kappa shape index (κ1) is 10.9. The van der Waals surface area contributed by atoms with E-state index in [-0.39, 0.29) is 10.5 Å². The molecule has 0 unspecified atom stereocenters. The number of H-pyrrole nitrogens is 1. The highest BCUT2D eigenvalue weighted by Crippen LogP contribution is 2.21. The van der Waals surface area contributed by atoms with E-state index in [4.69, 9.17) is 12.2 Å². The number of hydrogen-bond donors (Lipinski definition) is 1. The molecule has 0 saturated heterocycles. The van der Waals surface area contributed by atoms with Crippen molar-refractivity contribution in [1.29, 1.82) is 0 Å². The lowest BCUT2D eigenvalue weighted by Crippen LogP contribution is -1.99. The van der Waals surface area contributed by atoms with Crippen LogP contribution in [0.3, 0.4) is 0 Å². The zero-order valence-corrected chi connectivity index (χ0v) is 9.13. The Kier molecular flexibility index (Phi) is 2.78. The van der Waals surface area contributed by atoms with Crippen LogP contribution in [0.2, 0.25) is 0 Å². The van der Waals surface area contributed by atoms with Crippen LogP contribution in [-0.2, 0) is 7.05 Å². The van der Waals surface area contributed by atoms with Gasteiger partial charge in [-0.3, -0.25) is 4.68 Å². The van der Waals surface area contributed by atoms with E-state index in [1.165, 1.54) is 6.07 Å². The maximum Gasteiger partial charge on any atom is 0.278 e. The normalized spacial score (nSPS) is 11.0. The van der Waals surface area contributed by atoms with Crippen LogP contribution in [0.15, 0.2) is 18.3 Å². The Morgan fingerprint density at radius 3 is 2.81 bits per heavy atom. The fraction of sp³-hybridized carbons (Fsp3) is 0.222. The van der Waals surface area contributed by atoms with Crippen LogP contribution in [0.1, 0.15) is 12.1 Å². The first-order valence-electron chi connectivity index (χ1n) is 4.45. The van der Waals surface area contributed by atoms with Gasteiger partial charge in [0.1, 0.15) is 0 Å². The molecular formula is C9H8F2N4S. The summed E-state index contributed by atoms with van der Waals surface area (Å²) in [4.78, 5) is 6.34. The molecule has 0 amide bonds. The van der Waals surface area contributed by atoms with E-state index in [0.29, 0.717) is 11.4 Å². The van der Waals surface area contributed by atoms with Gasteiger partial charge in [-0.1, -0.05) is 0 Å². The van der Waals surface area contributed by atoms with Crippen molar-refractivity contribution < 1.29 is 8.78 Å². The minimum absolute atomic E-state index is 0.0361. The standard InChI is InChI=1S/C9H8F2N4S/c1-15-7(2-3-12-15)5-4-6(8(10)11)14-9(16)13-5/h2-4,8H,1H3,(H,13,14,16). The molecule has 2 rings (SSSR count). The van der Waals surface area contributed by atoms with Gasteiger partial charge in [-0.05, 0) is 24.4 Å². The van der Waals surface area contributed by atoms with Crippen LogP contribution >= 0.6 is 12.2 Å². The molecule has 0 saturated carbocycles. The minimum Gasteiger partial charge on any atom is -0.329 e. The largest absolute Gasteiger partial charge is 0.329 e. The Labute approximate surface area is 95.0 Å². The topological polar surface area (TPSA) is 46.5 Å². The molecule has 2 heterocycles. The second-order valence-electron chi connectivity index (χ2n) is 3.17. The lowest BCUT2D eigenvalue weighted by atomic mass is 10.2. The molecule has 0 aromatic carbocycles. The van der Waals surface area contributed by atoms with Gasteiger partial charge in [0.25, 0.3) is 6.43 Å². The van der Waals surface area contributed by atoms with Crippen molar-refractivity contribution in [2.75, 3.05) is 0 Å². The molecule has 7 heteroatoms. The van der Waals surface area contributed by atoms with Crippen LogP contribution in [0.4, 0.5) is 8.78 Å². The van der Waals surface area contributed by atoms with Crippen molar-refractivity contribution in [3.63, 3.8) is 0 Å². The van der Waals surface area contributed by atoms with Crippen molar-refractivity contribution in [2.24, 2.45) is 7.05 Å². The van der Waals surface area contributed by atoms with Gasteiger partial charge in [0.15, 0.2) is 4.77 Å². The van der Waals surface area contributed by atoms with E-state index in [2.05, 4.69) is 15.1 Å². The van der Waals surface area contributed by atoms with E-state index in [1.807, 2.05) is 0 Å². The lowest BCUT2D eigenvalue weighted by molar-refractivity contribution is 0.146. The van der Waals surface area contributed by atoms with Gasteiger partial charge in [-0.15, -0.1) is 0 Å². The Bertz CT molecular complexity index is 561. The third-order valence-electron chi connectivity index (χ3n) is 2.08. The number of halogens is 2. The highest BCUT2D eigenvalue weighted by Gasteiger charge is 2.12. The first-order chi connectivity index (χ1) is 7.58. The Morgan fingerprint density at radius 1 is 1.50 bits per heavy atom. The van der Waals surface area contributed by atoms with Gasteiger partial charge >= 0.3 is 0 Å². The average Bonchev–Trinajstić information content (AvgIpc) is 2.63. The summed E-state index contributed by atoms with van der Waals surface area (Å²) in [5, 5.41) is 3.94. The van der Waals surface area contributed by atoms with Crippen LogP contribution in [-0.4, -0.2) is 19.7 Å². The maximum absolute atomic E-state index is 12.5. The summed E-state index contributed by atoms with van der Waals surface area (Å²) in [5.74, 6) is 0. The molecule has 0 fully saturated rings. The first-order valence-corrected chi connectivity index (χ1v) is 4.86. The molecule has 1 N–H and O–H groups in total. The second kappa shape index (κ2) is 4.09. The Balaban J connectivity index is 2.58. The number of alkyl halides is 2. The zero-order chi connectivity index (χ0) is 11.7. The fourth-order valence-electron chi connectivity index (χ4n) is 1.35. The summed E-state index contributed by atoms with van der Waals surface area (Å²) in [7, 11) is 1.71. The Morgan fingerprint density at radius 2 is 2.25 bits per heavy atom. The van der Waals surface area contributed by atoms with Crippen LogP contribution in [0.25, 0.3) is 11.4 Å². The summed E-state index contributed by atoms with van der Waals surface area (Å²) in [6.07, 6.45) is -1.03. The van der Waals surface area contributed by atoms with Gasteiger partial charge in [0.2, 0.25) is 0 Å². The van der Waals surface area contributed by atoms with Crippen molar-refractivity contribution >= 4 is 12.2 Å². The summed E-state index contributed by atoms with van der Waals surface area (Å²) in [6.45, 7) is 0. The van der Waals surface area contributed by atoms with Crippen molar-refractivity contribution in [3.8, 4) is 11.4 Å². The van der Waals surface area contributed by atoms with Crippen LogP contribution in [0.5, 0.6) is 0 Å². The van der Waals surface area contributed by atoms with E-state index in [1.54, 1.807) is 24.0 Å². The number of aromatic nitrogens is 4. The molecule has 0 bridgehead atoms. The number of nitrogens with one attached hydrogen (secondary N) is 1. The molecule has 0 atom stereocenters. The number of rotatable bonds is 2. The molecule has 2 aromatic rings. The predicted molar refractivity (Wildman–Crippen MR) is 56.6 cm³/mol. The van der Waals surface area contributed by atoms with E-state index in [0.717, 1.165) is 0 Å². The number of hydrogen-bond acceptors (Lipinski definition) is 3. The molecule has 16 heavy (non-hydrogen) atoms. The highest BCUT2D eigenvalue weighted by atomic mass is 32.1. The SMILES string of the molecule is Cn1nccc1-c1cc(C(F)F)[nH]c(=S)n1. The zero-order valence-electron chi connectivity index (χ0n) is 8.32. The molecule has 0 aliphatic heterocycles. The van der Waals surface area contributed by atoms with E-state index < -0.39 is 6.43 Å². The van der Waals surface area contributed by atoms with E-state index in [9.17, 15) is 8.78 Å². The van der Waals surface area contributed by atoms with E-state index >= 15 is 0 Å². The molecule has 0 radical (unpaired) electrons. The minimum atomic E-state index is -2.60. The van der Waals surface area contributed by atoms with Crippen molar-refractivity contribution in [2.45, 2.75) is 6.43 Å². The molecule has 0 aliphatic rings. The quantitative estimate of drug-likeness (QED) is 0.823. The third-order valence-corrected chi connectivity index (χ3v) is 2.28. The monoisotopic (exact) mass is 242 g/mol. The molecule has 0 spiro atoms. The predicted octanol–water partition coefficient (Wildman–Crippen LogP) is 2.48. The maximum atomic E-state index is 12.5. The summed E-state index contributed by atoms with van der Waals surface area (Å²) < 4.78 is 26.7. The number of aryl methyl sites for hydroxylation is 1. The Hall–Kier alpha value is -1.63. The molecule has 2 aromatic heterocycles. The van der Waals surface area contributed by atoms with Crippen LogP contribution < -0.4 is 0 Å². The summed E-state index contributed by atoms with van der Waals surface area (Å²) in [6, 6.07) is 2.96. The number of nitrogens with zero attached hydrogens (tertiary/aromatic N) is 3. The number of aromatic amines is 1. The summed E-state index contributed by atoms with van der Waals surface area (Å²) >= 11 is 4.79. The smallest absolute Gasteiger partial charge is 0.278 e. The molecule has 4 nitrogen and oxygen atoms in total. The fourth-order valence-corrected chi connectivity index (χ4v) is 1.57. The van der Waals surface area contributed by atoms with Gasteiger partial charge in [-0.2, -0.15) is 5.10 Å². The third kappa shape index (κ3) is 1.99. The van der Waals surface area contributed by atoms with Gasteiger partial charge < -0.3 is 4.98 Å². The van der Waals surface area contributed by atoms with Gasteiger partial charge in [0, 0.05) is 13.2 Å². The van der Waals surface area contributed by atoms with Gasteiger partial charge in [0.05, 0.1) is 17.1 Å². The van der Waals surface area contributed by atoms with Crippen molar-refractivity contribution in [3.05, 3.63) is 28.8 Å². The van der Waals surface area contributed by atoms with Gasteiger partial charge in [-0.25, -0.2) is 13.8 Å². The lowest BCUT2D eigenvalue weighted by Gasteiger charge is -2.04. The molecular weight excluding hydrogens is 234 g/mol. The second-order valence-corrected chi connectivity index (χ2v) is 3.55. The molecule has 0 aliphatic carbocycles. The van der Waals surface area contributed by atoms with Crippen LogP contribution in [0, 0.1) is 4.77 Å². The molecule has 84 valence electrons. The van der Waals surface area contributed by atoms with Crippen molar-refractivity contribution in [1.82, 2.24) is 19.7 Å². The average molecular weight is 242 g/mol.